The lowest BCUT2D eigenvalue weighted by atomic mass is 10.1. The van der Waals surface area contributed by atoms with Crippen LogP contribution >= 0.6 is 0 Å². The van der Waals surface area contributed by atoms with E-state index in [1.807, 2.05) is 0 Å². The summed E-state index contributed by atoms with van der Waals surface area (Å²) in [6, 6.07) is 4.50. The zero-order valence-corrected chi connectivity index (χ0v) is 9.69. The summed E-state index contributed by atoms with van der Waals surface area (Å²) < 4.78 is 47.9. The van der Waals surface area contributed by atoms with Crippen LogP contribution in [0.2, 0.25) is 0 Å². The minimum atomic E-state index is -4.59. The van der Waals surface area contributed by atoms with Crippen LogP contribution in [0.15, 0.2) is 34.9 Å². The van der Waals surface area contributed by atoms with Gasteiger partial charge in [0.25, 0.3) is 0 Å². The van der Waals surface area contributed by atoms with E-state index in [0.29, 0.717) is 0 Å². The lowest BCUT2D eigenvalue weighted by molar-refractivity contribution is -0.137. The zero-order valence-electron chi connectivity index (χ0n) is 9.69. The van der Waals surface area contributed by atoms with Crippen LogP contribution in [0.4, 0.5) is 13.2 Å². The minimum absolute atomic E-state index is 0.0712. The minimum Gasteiger partial charge on any atom is -0.464 e. The van der Waals surface area contributed by atoms with Gasteiger partial charge in [0.15, 0.2) is 5.76 Å². The number of methoxy groups -OCH3 is 1. The molecule has 0 aromatic carbocycles. The Morgan fingerprint density at radius 2 is 2.05 bits per heavy atom. The number of carbonyl (C=O) groups excluding carboxylic acids is 1. The molecule has 19 heavy (non-hydrogen) atoms. The molecular weight excluding hydrogens is 263 g/mol. The van der Waals surface area contributed by atoms with Gasteiger partial charge in [-0.25, -0.2) is 9.78 Å². The Kier molecular flexibility index (Phi) is 3.28. The summed E-state index contributed by atoms with van der Waals surface area (Å²) in [5.74, 6) is -0.889. The summed E-state index contributed by atoms with van der Waals surface area (Å²) in [6.07, 6.45) is -3.37. The van der Waals surface area contributed by atoms with E-state index in [0.717, 1.165) is 19.2 Å². The van der Waals surface area contributed by atoms with Gasteiger partial charge in [-0.3, -0.25) is 0 Å². The molecule has 0 fully saturated rings. The quantitative estimate of drug-likeness (QED) is 0.787. The molecule has 7 heteroatoms. The van der Waals surface area contributed by atoms with Crippen LogP contribution in [0.5, 0.6) is 0 Å². The fraction of sp³-hybridized carbons (Fsp3) is 0.167. The Balaban J connectivity index is 2.61. The van der Waals surface area contributed by atoms with Crippen molar-refractivity contribution in [3.63, 3.8) is 0 Å². The maximum absolute atomic E-state index is 12.9. The normalized spacial score (nSPS) is 11.4. The molecule has 4 nitrogen and oxygen atoms in total. The van der Waals surface area contributed by atoms with Crippen LogP contribution < -0.4 is 0 Å². The highest BCUT2D eigenvalue weighted by Gasteiger charge is 2.35. The van der Waals surface area contributed by atoms with Crippen LogP contribution in [0.3, 0.4) is 0 Å². The predicted molar refractivity (Wildman–Crippen MR) is 58.3 cm³/mol. The van der Waals surface area contributed by atoms with Gasteiger partial charge in [-0.15, -0.1) is 0 Å². The van der Waals surface area contributed by atoms with Gasteiger partial charge >= 0.3 is 12.1 Å². The SMILES string of the molecule is COC(=O)c1ccc(C(F)(F)F)c(-c2ccco2)n1. The number of nitrogens with zero attached hydrogens (tertiary/aromatic N) is 1. The number of carbonyl (C=O) groups is 1. The number of esters is 1. The molecule has 0 radical (unpaired) electrons. The molecular formula is C12H8F3NO3. The maximum atomic E-state index is 12.9. The summed E-state index contributed by atoms with van der Waals surface area (Å²) in [7, 11) is 1.12. The largest absolute Gasteiger partial charge is 0.464 e. The first-order valence-electron chi connectivity index (χ1n) is 5.14. The fourth-order valence-electron chi connectivity index (χ4n) is 1.51. The third-order valence-corrected chi connectivity index (χ3v) is 2.35. The lowest BCUT2D eigenvalue weighted by Crippen LogP contribution is -2.12. The van der Waals surface area contributed by atoms with Crippen molar-refractivity contribution < 1.29 is 27.1 Å². The molecule has 0 N–H and O–H groups in total. The lowest BCUT2D eigenvalue weighted by Gasteiger charge is -2.11. The van der Waals surface area contributed by atoms with Gasteiger partial charge in [0.05, 0.1) is 18.9 Å². The molecule has 0 bridgehead atoms. The topological polar surface area (TPSA) is 52.3 Å². The van der Waals surface area contributed by atoms with E-state index in [1.54, 1.807) is 0 Å². The van der Waals surface area contributed by atoms with Gasteiger partial charge in [0.1, 0.15) is 11.4 Å². The first-order chi connectivity index (χ1) is 8.93. The van der Waals surface area contributed by atoms with E-state index in [1.165, 1.54) is 18.4 Å². The second kappa shape index (κ2) is 4.75. The highest BCUT2D eigenvalue weighted by Crippen LogP contribution is 2.36. The number of aromatic nitrogens is 1. The average Bonchev–Trinajstić information content (AvgIpc) is 2.89. The van der Waals surface area contributed by atoms with Crippen molar-refractivity contribution >= 4 is 5.97 Å². The van der Waals surface area contributed by atoms with Crippen molar-refractivity contribution in [1.29, 1.82) is 0 Å². The molecule has 0 spiro atoms. The van der Waals surface area contributed by atoms with Gasteiger partial charge in [-0.05, 0) is 24.3 Å². The molecule has 0 unspecified atom stereocenters. The molecule has 0 aliphatic carbocycles. The highest BCUT2D eigenvalue weighted by molar-refractivity contribution is 5.88. The number of furan rings is 1. The average molecular weight is 271 g/mol. The van der Waals surface area contributed by atoms with Crippen molar-refractivity contribution in [3.8, 4) is 11.5 Å². The Labute approximate surface area is 105 Å². The van der Waals surface area contributed by atoms with Crippen molar-refractivity contribution in [2.24, 2.45) is 0 Å². The van der Waals surface area contributed by atoms with E-state index >= 15 is 0 Å². The Bertz CT molecular complexity index is 591. The van der Waals surface area contributed by atoms with Crippen molar-refractivity contribution in [3.05, 3.63) is 41.8 Å². The van der Waals surface area contributed by atoms with Crippen molar-refractivity contribution in [2.45, 2.75) is 6.18 Å². The van der Waals surface area contributed by atoms with E-state index in [4.69, 9.17) is 4.42 Å². The summed E-state index contributed by atoms with van der Waals surface area (Å²) in [6.45, 7) is 0. The first kappa shape index (κ1) is 13.1. The summed E-state index contributed by atoms with van der Waals surface area (Å²) in [5.41, 5.74) is -1.64. The van der Waals surface area contributed by atoms with E-state index < -0.39 is 23.4 Å². The highest BCUT2D eigenvalue weighted by atomic mass is 19.4. The molecule has 2 aromatic rings. The van der Waals surface area contributed by atoms with E-state index in [-0.39, 0.29) is 11.5 Å². The predicted octanol–water partition coefficient (Wildman–Crippen LogP) is 3.15. The van der Waals surface area contributed by atoms with Gasteiger partial charge in [-0.2, -0.15) is 13.2 Å². The first-order valence-corrected chi connectivity index (χ1v) is 5.14. The van der Waals surface area contributed by atoms with Crippen LogP contribution in [0, 0.1) is 0 Å². The smallest absolute Gasteiger partial charge is 0.418 e. The molecule has 0 aliphatic heterocycles. The molecule has 2 heterocycles. The number of halogens is 3. The number of alkyl halides is 3. The third kappa shape index (κ3) is 2.59. The molecule has 100 valence electrons. The monoisotopic (exact) mass is 271 g/mol. The van der Waals surface area contributed by atoms with Crippen molar-refractivity contribution in [2.75, 3.05) is 7.11 Å². The Morgan fingerprint density at radius 3 is 2.58 bits per heavy atom. The van der Waals surface area contributed by atoms with Crippen molar-refractivity contribution in [1.82, 2.24) is 4.98 Å². The second-order valence-corrected chi connectivity index (χ2v) is 3.56. The standard InChI is InChI=1S/C12H8F3NO3/c1-18-11(17)8-5-4-7(12(13,14)15)10(16-8)9-3-2-6-19-9/h2-6H,1H3. The second-order valence-electron chi connectivity index (χ2n) is 3.56. The van der Waals surface area contributed by atoms with Crippen LogP contribution in [0.25, 0.3) is 11.5 Å². The Morgan fingerprint density at radius 1 is 1.32 bits per heavy atom. The molecule has 2 aromatic heterocycles. The van der Waals surface area contributed by atoms with E-state index in [2.05, 4.69) is 9.72 Å². The van der Waals surface area contributed by atoms with E-state index in [9.17, 15) is 18.0 Å². The summed E-state index contributed by atoms with van der Waals surface area (Å²) in [4.78, 5) is 15.0. The molecule has 0 aliphatic rings. The zero-order chi connectivity index (χ0) is 14.0. The molecule has 0 saturated heterocycles. The van der Waals surface area contributed by atoms with Gasteiger partial charge in [0.2, 0.25) is 0 Å². The number of hydrogen-bond acceptors (Lipinski definition) is 4. The number of rotatable bonds is 2. The van der Waals surface area contributed by atoms with Gasteiger partial charge < -0.3 is 9.15 Å². The Hall–Kier alpha value is -2.31. The molecule has 0 saturated carbocycles. The molecule has 0 amide bonds. The molecule has 2 rings (SSSR count). The summed E-state index contributed by atoms with van der Waals surface area (Å²) >= 11 is 0. The van der Waals surface area contributed by atoms with Gasteiger partial charge in [0, 0.05) is 0 Å². The third-order valence-electron chi connectivity index (χ3n) is 2.35. The number of hydrogen-bond donors (Lipinski definition) is 0. The molecule has 0 atom stereocenters. The maximum Gasteiger partial charge on any atom is 0.418 e. The van der Waals surface area contributed by atoms with Crippen LogP contribution in [-0.4, -0.2) is 18.1 Å². The van der Waals surface area contributed by atoms with Gasteiger partial charge in [-0.1, -0.05) is 0 Å². The fourth-order valence-corrected chi connectivity index (χ4v) is 1.51. The van der Waals surface area contributed by atoms with Crippen LogP contribution in [-0.2, 0) is 10.9 Å². The number of pyridine rings is 1. The van der Waals surface area contributed by atoms with Crippen LogP contribution in [0.1, 0.15) is 16.1 Å². The number of ether oxygens (including phenoxy) is 1. The summed E-state index contributed by atoms with van der Waals surface area (Å²) in [5, 5.41) is 0.